The van der Waals surface area contributed by atoms with Crippen molar-refractivity contribution in [3.8, 4) is 11.5 Å². The van der Waals surface area contributed by atoms with Crippen LogP contribution in [0.15, 0.2) is 113 Å². The van der Waals surface area contributed by atoms with Crippen LogP contribution in [0.5, 0.6) is 11.5 Å². The predicted octanol–water partition coefficient (Wildman–Crippen LogP) is 4.73. The van der Waals surface area contributed by atoms with Gasteiger partial charge in [0.2, 0.25) is 5.91 Å². The highest BCUT2D eigenvalue weighted by Crippen LogP contribution is 2.26. The molecule has 0 aromatic heterocycles. The summed E-state index contributed by atoms with van der Waals surface area (Å²) in [7, 11) is -6.47. The molecule has 41 heavy (non-hydrogen) atoms. The van der Waals surface area contributed by atoms with Crippen LogP contribution in [-0.2, 0) is 24.8 Å². The molecule has 2 N–H and O–H groups in total. The van der Waals surface area contributed by atoms with E-state index in [1.807, 2.05) is 6.92 Å². The number of carbonyl (C=O) groups excluding carboxylic acids is 1. The summed E-state index contributed by atoms with van der Waals surface area (Å²) in [6.07, 6.45) is 0. The van der Waals surface area contributed by atoms with Crippen LogP contribution in [0, 0.1) is 0 Å². The van der Waals surface area contributed by atoms with Crippen LogP contribution in [0.4, 0.5) is 17.1 Å². The second-order valence-electron chi connectivity index (χ2n) is 8.66. The lowest BCUT2D eigenvalue weighted by Gasteiger charge is -2.24. The maximum atomic E-state index is 13.5. The molecule has 0 radical (unpaired) electrons. The van der Waals surface area contributed by atoms with Crippen LogP contribution < -0.4 is 23.8 Å². The molecule has 12 heteroatoms. The van der Waals surface area contributed by atoms with Crippen molar-refractivity contribution in [1.29, 1.82) is 0 Å². The Hall–Kier alpha value is -4.55. The largest absolute Gasteiger partial charge is 0.497 e. The van der Waals surface area contributed by atoms with Crippen LogP contribution in [0.25, 0.3) is 0 Å². The van der Waals surface area contributed by atoms with E-state index in [0.717, 1.165) is 4.31 Å². The number of nitrogens with zero attached hydrogens (tertiary/aromatic N) is 1. The van der Waals surface area contributed by atoms with Crippen LogP contribution in [0.1, 0.15) is 6.92 Å². The maximum Gasteiger partial charge on any atom is 0.264 e. The van der Waals surface area contributed by atoms with E-state index in [-0.39, 0.29) is 15.5 Å². The molecule has 0 bridgehead atoms. The number of nitrogens with one attached hydrogen (secondary N) is 2. The van der Waals surface area contributed by atoms with Gasteiger partial charge in [0, 0.05) is 11.4 Å². The molecule has 0 saturated heterocycles. The number of carbonyl (C=O) groups is 1. The number of anilines is 3. The Morgan fingerprint density at radius 1 is 0.732 bits per heavy atom. The van der Waals surface area contributed by atoms with Gasteiger partial charge in [-0.25, -0.2) is 16.8 Å². The van der Waals surface area contributed by atoms with Crippen LogP contribution in [-0.4, -0.2) is 43.0 Å². The molecule has 0 aliphatic rings. The quantitative estimate of drug-likeness (QED) is 0.242. The van der Waals surface area contributed by atoms with Crippen molar-refractivity contribution in [1.82, 2.24) is 0 Å². The lowest BCUT2D eigenvalue weighted by Crippen LogP contribution is -2.38. The lowest BCUT2D eigenvalue weighted by molar-refractivity contribution is -0.114. The van der Waals surface area contributed by atoms with Crippen LogP contribution >= 0.6 is 0 Å². The van der Waals surface area contributed by atoms with Crippen molar-refractivity contribution in [2.24, 2.45) is 0 Å². The molecular formula is C29H29N3O7S2. The maximum absolute atomic E-state index is 13.5. The van der Waals surface area contributed by atoms with E-state index in [2.05, 4.69) is 10.0 Å². The summed E-state index contributed by atoms with van der Waals surface area (Å²) in [4.78, 5) is 13.0. The third kappa shape index (κ3) is 7.35. The number of amides is 1. The lowest BCUT2D eigenvalue weighted by atomic mass is 10.3. The van der Waals surface area contributed by atoms with Crippen molar-refractivity contribution in [3.05, 3.63) is 103 Å². The van der Waals surface area contributed by atoms with Crippen molar-refractivity contribution < 1.29 is 31.1 Å². The van der Waals surface area contributed by atoms with E-state index < -0.39 is 32.5 Å². The average molecular weight is 596 g/mol. The molecular weight excluding hydrogens is 566 g/mol. The van der Waals surface area contributed by atoms with E-state index in [9.17, 15) is 21.6 Å². The Labute approximate surface area is 239 Å². The Balaban J connectivity index is 1.51. The summed E-state index contributed by atoms with van der Waals surface area (Å²) in [5, 5.41) is 2.64. The number of ether oxygens (including phenoxy) is 2. The van der Waals surface area contributed by atoms with E-state index >= 15 is 0 Å². The van der Waals surface area contributed by atoms with Crippen molar-refractivity contribution in [2.45, 2.75) is 16.7 Å². The minimum atomic E-state index is -4.09. The fourth-order valence-corrected chi connectivity index (χ4v) is 6.33. The first-order chi connectivity index (χ1) is 19.6. The van der Waals surface area contributed by atoms with E-state index in [1.165, 1.54) is 43.5 Å². The number of rotatable bonds is 12. The van der Waals surface area contributed by atoms with Gasteiger partial charge in [-0.05, 0) is 91.9 Å². The van der Waals surface area contributed by atoms with Crippen LogP contribution in [0.2, 0.25) is 0 Å². The zero-order valence-corrected chi connectivity index (χ0v) is 24.0. The monoisotopic (exact) mass is 595 g/mol. The molecule has 0 spiro atoms. The predicted molar refractivity (Wildman–Crippen MR) is 157 cm³/mol. The molecule has 1 amide bonds. The molecule has 0 unspecified atom stereocenters. The summed E-state index contributed by atoms with van der Waals surface area (Å²) < 4.78 is 66.6. The van der Waals surface area contributed by atoms with Gasteiger partial charge in [-0.1, -0.05) is 18.2 Å². The molecule has 4 aromatic carbocycles. The molecule has 0 saturated carbocycles. The number of benzene rings is 4. The molecule has 0 aliphatic heterocycles. The highest BCUT2D eigenvalue weighted by atomic mass is 32.2. The normalized spacial score (nSPS) is 11.4. The van der Waals surface area contributed by atoms with Gasteiger partial charge in [0.15, 0.2) is 0 Å². The Morgan fingerprint density at radius 2 is 1.32 bits per heavy atom. The van der Waals surface area contributed by atoms with Gasteiger partial charge in [0.05, 0.1) is 29.2 Å². The smallest absolute Gasteiger partial charge is 0.264 e. The molecule has 214 valence electrons. The number of sulfonamides is 2. The summed E-state index contributed by atoms with van der Waals surface area (Å²) in [6, 6.07) is 26.1. The Morgan fingerprint density at radius 3 is 1.90 bits per heavy atom. The minimum Gasteiger partial charge on any atom is -0.497 e. The van der Waals surface area contributed by atoms with E-state index in [1.54, 1.807) is 66.7 Å². The first-order valence-electron chi connectivity index (χ1n) is 12.5. The first kappa shape index (κ1) is 29.4. The van der Waals surface area contributed by atoms with Gasteiger partial charge < -0.3 is 14.8 Å². The van der Waals surface area contributed by atoms with E-state index in [0.29, 0.717) is 29.5 Å². The number of methoxy groups -OCH3 is 1. The summed E-state index contributed by atoms with van der Waals surface area (Å²) in [5.74, 6) is 0.533. The highest BCUT2D eigenvalue weighted by Gasteiger charge is 2.27. The second kappa shape index (κ2) is 12.7. The molecule has 4 aromatic rings. The van der Waals surface area contributed by atoms with Crippen molar-refractivity contribution in [3.63, 3.8) is 0 Å². The van der Waals surface area contributed by atoms with Gasteiger partial charge in [0.25, 0.3) is 20.0 Å². The number of hydrogen-bond acceptors (Lipinski definition) is 7. The van der Waals surface area contributed by atoms with Crippen LogP contribution in [0.3, 0.4) is 0 Å². The third-order valence-corrected chi connectivity index (χ3v) is 9.03. The van der Waals surface area contributed by atoms with Gasteiger partial charge in [-0.2, -0.15) is 0 Å². The van der Waals surface area contributed by atoms with Crippen molar-refractivity contribution >= 4 is 43.0 Å². The molecule has 4 rings (SSSR count). The zero-order valence-electron chi connectivity index (χ0n) is 22.4. The topological polar surface area (TPSA) is 131 Å². The van der Waals surface area contributed by atoms with Gasteiger partial charge in [-0.3, -0.25) is 13.8 Å². The fourth-order valence-electron chi connectivity index (χ4n) is 3.83. The van der Waals surface area contributed by atoms with Gasteiger partial charge in [0.1, 0.15) is 18.0 Å². The van der Waals surface area contributed by atoms with Gasteiger partial charge in [-0.15, -0.1) is 0 Å². The summed E-state index contributed by atoms with van der Waals surface area (Å²) >= 11 is 0. The molecule has 0 atom stereocenters. The Bertz CT molecular complexity index is 1680. The van der Waals surface area contributed by atoms with Crippen molar-refractivity contribution in [2.75, 3.05) is 34.6 Å². The standard InChI is InChI=1S/C29H29N3O7S2/c1-3-39-26-17-13-24(14-18-26)32(41(36,37)28-7-5-4-6-8-28)21-29(33)30-22-11-19-27(20-12-22)40(34,35)31-23-9-15-25(38-2)16-10-23/h4-20,31H,3,21H2,1-2H3,(H,30,33). The van der Waals surface area contributed by atoms with E-state index in [4.69, 9.17) is 9.47 Å². The molecule has 0 heterocycles. The second-order valence-corrected chi connectivity index (χ2v) is 12.2. The minimum absolute atomic E-state index is 0.0195. The highest BCUT2D eigenvalue weighted by molar-refractivity contribution is 7.93. The SMILES string of the molecule is CCOc1ccc(N(CC(=O)Nc2ccc(S(=O)(=O)Nc3ccc(OC)cc3)cc2)S(=O)(=O)c2ccccc2)cc1. The zero-order chi connectivity index (χ0) is 29.5. The first-order valence-corrected chi connectivity index (χ1v) is 15.4. The van der Waals surface area contributed by atoms with Gasteiger partial charge >= 0.3 is 0 Å². The average Bonchev–Trinajstić information content (AvgIpc) is 2.97. The molecule has 0 aliphatic carbocycles. The number of hydrogen-bond donors (Lipinski definition) is 2. The fraction of sp³-hybridized carbons (Fsp3) is 0.138. The third-order valence-electron chi connectivity index (χ3n) is 5.84. The molecule has 0 fully saturated rings. The summed E-state index contributed by atoms with van der Waals surface area (Å²) in [5.41, 5.74) is 0.929. The molecule has 10 nitrogen and oxygen atoms in total. The summed E-state index contributed by atoms with van der Waals surface area (Å²) in [6.45, 7) is 1.76. The Kier molecular flexibility index (Phi) is 9.15.